The third kappa shape index (κ3) is 5.07. The lowest BCUT2D eigenvalue weighted by atomic mass is 9.93. The second kappa shape index (κ2) is 7.14. The smallest absolute Gasteiger partial charge is 0.349 e. The summed E-state index contributed by atoms with van der Waals surface area (Å²) in [5.41, 5.74) is 0.828. The van der Waals surface area contributed by atoms with Crippen molar-refractivity contribution >= 4 is 12.2 Å². The van der Waals surface area contributed by atoms with Crippen LogP contribution in [0.2, 0.25) is 0 Å². The summed E-state index contributed by atoms with van der Waals surface area (Å²) >= 11 is 0. The fourth-order valence-corrected chi connectivity index (χ4v) is 2.35. The molecule has 23 heavy (non-hydrogen) atoms. The lowest BCUT2D eigenvalue weighted by molar-refractivity contribution is -0.142. The summed E-state index contributed by atoms with van der Waals surface area (Å²) in [6.07, 6.45) is 2.43. The molecule has 0 bridgehead atoms. The van der Waals surface area contributed by atoms with E-state index >= 15 is 0 Å². The van der Waals surface area contributed by atoms with Crippen molar-refractivity contribution in [3.63, 3.8) is 0 Å². The molecular formula is C15H22F3N3O2. The first-order valence-corrected chi connectivity index (χ1v) is 7.68. The lowest BCUT2D eigenvalue weighted by Gasteiger charge is -2.26. The van der Waals surface area contributed by atoms with E-state index in [1.807, 2.05) is 0 Å². The van der Waals surface area contributed by atoms with Crippen LogP contribution in [0.15, 0.2) is 6.20 Å². The van der Waals surface area contributed by atoms with Gasteiger partial charge in [-0.1, -0.05) is 0 Å². The molecule has 0 aromatic carbocycles. The second-order valence-corrected chi connectivity index (χ2v) is 5.85. The highest BCUT2D eigenvalue weighted by atomic mass is 19.4. The van der Waals surface area contributed by atoms with Crippen LogP contribution in [0.25, 0.3) is 0 Å². The van der Waals surface area contributed by atoms with E-state index in [1.165, 1.54) is 13.1 Å². The Bertz CT molecular complexity index is 567. The Morgan fingerprint density at radius 3 is 2.48 bits per heavy atom. The molecule has 0 radical (unpaired) electrons. The minimum atomic E-state index is -4.32. The van der Waals surface area contributed by atoms with Gasteiger partial charge >= 0.3 is 6.18 Å². The van der Waals surface area contributed by atoms with Crippen molar-refractivity contribution in [2.75, 3.05) is 0 Å². The predicted molar refractivity (Wildman–Crippen MR) is 79.2 cm³/mol. The number of aromatic nitrogens is 2. The maximum atomic E-state index is 12.4. The lowest BCUT2D eigenvalue weighted by Crippen LogP contribution is -2.39. The molecule has 2 fully saturated rings. The summed E-state index contributed by atoms with van der Waals surface area (Å²) in [5, 5.41) is 6.82. The Balaban J connectivity index is 0.000000671. The Morgan fingerprint density at radius 2 is 2.04 bits per heavy atom. The molecule has 0 atom stereocenters. The van der Waals surface area contributed by atoms with Crippen molar-refractivity contribution in [3.8, 4) is 0 Å². The number of alkyl halides is 3. The summed E-state index contributed by atoms with van der Waals surface area (Å²) < 4.78 is 38.1. The van der Waals surface area contributed by atoms with Gasteiger partial charge in [0.1, 0.15) is 12.8 Å². The first-order chi connectivity index (χ1) is 10.8. The van der Waals surface area contributed by atoms with Crippen molar-refractivity contribution in [3.05, 3.63) is 17.5 Å². The van der Waals surface area contributed by atoms with Gasteiger partial charge in [0.15, 0.2) is 0 Å². The molecule has 0 saturated heterocycles. The number of carbonyl (C=O) groups is 2. The summed E-state index contributed by atoms with van der Waals surface area (Å²) in [6, 6.07) is 0.167. The minimum absolute atomic E-state index is 0. The minimum Gasteiger partial charge on any atom is -0.349 e. The van der Waals surface area contributed by atoms with E-state index in [2.05, 4.69) is 10.4 Å². The third-order valence-corrected chi connectivity index (χ3v) is 3.78. The fourth-order valence-electron chi connectivity index (χ4n) is 2.35. The van der Waals surface area contributed by atoms with E-state index in [4.69, 9.17) is 4.79 Å². The fraction of sp³-hybridized carbons (Fsp3) is 0.667. The van der Waals surface area contributed by atoms with Crippen LogP contribution < -0.4 is 5.32 Å². The molecule has 1 N–H and O–H groups in total. The highest BCUT2D eigenvalue weighted by Crippen LogP contribution is 2.41. The van der Waals surface area contributed by atoms with E-state index in [-0.39, 0.29) is 19.3 Å². The number of halogens is 3. The number of nitrogens with one attached hydrogen (secondary N) is 1. The second-order valence-electron chi connectivity index (χ2n) is 5.85. The highest BCUT2D eigenvalue weighted by Gasteiger charge is 2.35. The van der Waals surface area contributed by atoms with Crippen molar-refractivity contribution in [2.45, 2.75) is 63.7 Å². The van der Waals surface area contributed by atoms with Gasteiger partial charge in [-0.05, 0) is 39.0 Å². The van der Waals surface area contributed by atoms with Crippen LogP contribution in [0.4, 0.5) is 13.2 Å². The molecule has 1 aromatic rings. The average molecular weight is 333 g/mol. The van der Waals surface area contributed by atoms with E-state index < -0.39 is 12.7 Å². The van der Waals surface area contributed by atoms with Crippen molar-refractivity contribution in [2.24, 2.45) is 0 Å². The predicted octanol–water partition coefficient (Wildman–Crippen LogP) is 3.06. The SMILES string of the molecule is CC=O.O=C(NC1CCC1)c1cn(CC(F)(F)F)nc1C1CC1.[HH]. The molecule has 2 aliphatic rings. The van der Waals surface area contributed by atoms with Crippen molar-refractivity contribution < 1.29 is 24.2 Å². The molecule has 1 amide bonds. The summed E-state index contributed by atoms with van der Waals surface area (Å²) in [5.74, 6) is -0.142. The molecule has 1 heterocycles. The Morgan fingerprint density at radius 1 is 1.43 bits per heavy atom. The number of amides is 1. The van der Waals surface area contributed by atoms with Gasteiger partial charge in [0, 0.05) is 19.6 Å². The molecule has 130 valence electrons. The topological polar surface area (TPSA) is 64.0 Å². The van der Waals surface area contributed by atoms with E-state index in [1.54, 1.807) is 0 Å². The van der Waals surface area contributed by atoms with Gasteiger partial charge in [-0.3, -0.25) is 9.48 Å². The molecule has 3 rings (SSSR count). The van der Waals surface area contributed by atoms with Crippen molar-refractivity contribution in [1.82, 2.24) is 15.1 Å². The van der Waals surface area contributed by atoms with Crippen LogP contribution in [0, 0.1) is 0 Å². The number of carbonyl (C=O) groups excluding carboxylic acids is 2. The monoisotopic (exact) mass is 333 g/mol. The van der Waals surface area contributed by atoms with Crippen LogP contribution in [-0.2, 0) is 11.3 Å². The number of nitrogens with zero attached hydrogens (tertiary/aromatic N) is 2. The van der Waals surface area contributed by atoms with Gasteiger partial charge < -0.3 is 10.1 Å². The average Bonchev–Trinajstić information content (AvgIpc) is 3.15. The Labute approximate surface area is 133 Å². The number of hydrogen-bond acceptors (Lipinski definition) is 3. The van der Waals surface area contributed by atoms with Crippen LogP contribution in [-0.4, -0.2) is 34.2 Å². The standard InChI is InChI=1S/C13H16F3N3O.C2H4O.H2/c14-13(15,16)7-19-6-10(11(18-19)8-4-5-8)12(20)17-9-2-1-3-9;1-2-3;/h6,8-9H,1-5,7H2,(H,17,20);2H,1H3;1H. The molecule has 8 heteroatoms. The number of aldehydes is 1. The van der Waals surface area contributed by atoms with Crippen LogP contribution >= 0.6 is 0 Å². The summed E-state index contributed by atoms with van der Waals surface area (Å²) in [4.78, 5) is 20.9. The van der Waals surface area contributed by atoms with E-state index in [0.717, 1.165) is 43.1 Å². The van der Waals surface area contributed by atoms with Crippen LogP contribution in [0.1, 0.15) is 62.4 Å². The molecule has 2 saturated carbocycles. The van der Waals surface area contributed by atoms with Crippen LogP contribution in [0.3, 0.4) is 0 Å². The molecule has 0 unspecified atom stereocenters. The normalized spacial score (nSPS) is 17.7. The molecular weight excluding hydrogens is 311 g/mol. The first-order valence-electron chi connectivity index (χ1n) is 7.68. The zero-order chi connectivity index (χ0) is 17.0. The third-order valence-electron chi connectivity index (χ3n) is 3.78. The van der Waals surface area contributed by atoms with E-state index in [0.29, 0.717) is 11.3 Å². The molecule has 0 spiro atoms. The maximum Gasteiger partial charge on any atom is 0.408 e. The van der Waals surface area contributed by atoms with Gasteiger partial charge in [0.05, 0.1) is 11.3 Å². The van der Waals surface area contributed by atoms with E-state index in [9.17, 15) is 18.0 Å². The Kier molecular flexibility index (Phi) is 5.43. The van der Waals surface area contributed by atoms with Gasteiger partial charge in [-0.15, -0.1) is 0 Å². The molecule has 1 aromatic heterocycles. The first kappa shape index (κ1) is 17.5. The van der Waals surface area contributed by atoms with Gasteiger partial charge in [-0.25, -0.2) is 0 Å². The van der Waals surface area contributed by atoms with Gasteiger partial charge in [-0.2, -0.15) is 18.3 Å². The number of hydrogen-bond donors (Lipinski definition) is 1. The maximum absolute atomic E-state index is 12.4. The Hall–Kier alpha value is -1.86. The van der Waals surface area contributed by atoms with Crippen molar-refractivity contribution in [1.29, 1.82) is 0 Å². The molecule has 0 aliphatic heterocycles. The zero-order valence-electron chi connectivity index (χ0n) is 12.9. The quantitative estimate of drug-likeness (QED) is 0.861. The summed E-state index contributed by atoms with van der Waals surface area (Å²) in [6.45, 7) is 0.295. The van der Waals surface area contributed by atoms with Gasteiger partial charge in [0.25, 0.3) is 5.91 Å². The largest absolute Gasteiger partial charge is 0.408 e. The molecule has 5 nitrogen and oxygen atoms in total. The van der Waals surface area contributed by atoms with Crippen LogP contribution in [0.5, 0.6) is 0 Å². The number of rotatable bonds is 4. The zero-order valence-corrected chi connectivity index (χ0v) is 12.9. The molecule has 2 aliphatic carbocycles. The highest BCUT2D eigenvalue weighted by molar-refractivity contribution is 5.95. The summed E-state index contributed by atoms with van der Waals surface area (Å²) in [7, 11) is 0. The van der Waals surface area contributed by atoms with Gasteiger partial charge in [0.2, 0.25) is 0 Å².